The number of carbonyl (C=O) groups excluding carboxylic acids is 1. The van der Waals surface area contributed by atoms with Gasteiger partial charge in [-0.1, -0.05) is 12.1 Å². The summed E-state index contributed by atoms with van der Waals surface area (Å²) >= 11 is 0. The van der Waals surface area contributed by atoms with Crippen molar-refractivity contribution < 1.29 is 26.7 Å². The van der Waals surface area contributed by atoms with Crippen molar-refractivity contribution >= 4 is 17.4 Å². The number of pyridine rings is 1. The fourth-order valence-electron chi connectivity index (χ4n) is 3.80. The van der Waals surface area contributed by atoms with Gasteiger partial charge >= 0.3 is 6.18 Å². The maximum absolute atomic E-state index is 13.9. The fraction of sp³-hybridized carbons (Fsp3) is 0.273. The van der Waals surface area contributed by atoms with Crippen LogP contribution in [0.4, 0.5) is 33.5 Å². The molecule has 33 heavy (non-hydrogen) atoms. The molecule has 6 nitrogen and oxygen atoms in total. The van der Waals surface area contributed by atoms with Gasteiger partial charge in [0.2, 0.25) is 5.91 Å². The van der Waals surface area contributed by atoms with Crippen LogP contribution in [0.2, 0.25) is 0 Å². The van der Waals surface area contributed by atoms with Crippen molar-refractivity contribution in [3.8, 4) is 0 Å². The number of alkyl halides is 3. The van der Waals surface area contributed by atoms with Crippen molar-refractivity contribution in [3.05, 3.63) is 77.5 Å². The van der Waals surface area contributed by atoms with Crippen molar-refractivity contribution in [2.24, 2.45) is 5.92 Å². The maximum Gasteiger partial charge on any atom is 0.435 e. The van der Waals surface area contributed by atoms with Crippen molar-refractivity contribution in [1.29, 1.82) is 0 Å². The van der Waals surface area contributed by atoms with Gasteiger partial charge in [-0.2, -0.15) is 13.2 Å². The number of aryl methyl sites for hydroxylation is 1. The Morgan fingerprint density at radius 1 is 1.12 bits per heavy atom. The highest BCUT2D eigenvalue weighted by Gasteiger charge is 2.59. The highest BCUT2D eigenvalue weighted by molar-refractivity contribution is 5.95. The number of aromatic nitrogens is 3. The van der Waals surface area contributed by atoms with Gasteiger partial charge in [0, 0.05) is 12.0 Å². The first-order chi connectivity index (χ1) is 15.6. The summed E-state index contributed by atoms with van der Waals surface area (Å²) in [5.41, 5.74) is -1.97. The molecule has 1 aliphatic carbocycles. The van der Waals surface area contributed by atoms with Crippen LogP contribution in [0, 0.1) is 24.5 Å². The van der Waals surface area contributed by atoms with Gasteiger partial charge in [0.15, 0.2) is 5.69 Å². The summed E-state index contributed by atoms with van der Waals surface area (Å²) in [5.74, 6) is -2.16. The van der Waals surface area contributed by atoms with E-state index in [-0.39, 0.29) is 30.3 Å². The zero-order valence-corrected chi connectivity index (χ0v) is 17.3. The molecule has 1 aliphatic rings. The summed E-state index contributed by atoms with van der Waals surface area (Å²) < 4.78 is 67.3. The molecule has 1 amide bonds. The van der Waals surface area contributed by atoms with Gasteiger partial charge in [0.05, 0.1) is 24.0 Å². The standard InChI is InChI=1S/C22H18F5N5O/c1-12-28-10-17(19(31-12)22(25,26)27)30-11-21(13-3-2-4-14(23)7-13)8-16(21)20(33)32-18-6-5-15(24)9-29-18/h2-7,9-10,16,30H,8,11H2,1H3,(H,29,32,33)/t16-,21+/m0/s1. The number of nitrogens with one attached hydrogen (secondary N) is 2. The van der Waals surface area contributed by atoms with E-state index in [1.807, 2.05) is 0 Å². The van der Waals surface area contributed by atoms with Gasteiger partial charge in [-0.3, -0.25) is 4.79 Å². The Balaban J connectivity index is 1.60. The predicted molar refractivity (Wildman–Crippen MR) is 109 cm³/mol. The van der Waals surface area contributed by atoms with Crippen LogP contribution >= 0.6 is 0 Å². The van der Waals surface area contributed by atoms with Crippen molar-refractivity contribution in [3.63, 3.8) is 0 Å². The third kappa shape index (κ3) is 4.76. The molecule has 2 N–H and O–H groups in total. The summed E-state index contributed by atoms with van der Waals surface area (Å²) in [7, 11) is 0. The first-order valence-corrected chi connectivity index (χ1v) is 9.92. The van der Waals surface area contributed by atoms with Crippen LogP contribution in [0.15, 0.2) is 48.8 Å². The molecule has 11 heteroatoms. The number of anilines is 2. The number of benzene rings is 1. The van der Waals surface area contributed by atoms with Crippen LogP contribution in [-0.2, 0) is 16.4 Å². The van der Waals surface area contributed by atoms with E-state index in [1.54, 1.807) is 6.07 Å². The zero-order chi connectivity index (χ0) is 23.8. The number of rotatable bonds is 6. The van der Waals surface area contributed by atoms with Crippen LogP contribution < -0.4 is 10.6 Å². The molecule has 4 rings (SSSR count). The second-order valence-corrected chi connectivity index (χ2v) is 7.80. The topological polar surface area (TPSA) is 79.8 Å². The van der Waals surface area contributed by atoms with Crippen LogP contribution in [0.5, 0.6) is 0 Å². The molecule has 1 fully saturated rings. The van der Waals surface area contributed by atoms with Gasteiger partial charge in [0.1, 0.15) is 23.3 Å². The molecule has 1 aromatic carbocycles. The molecule has 0 saturated heterocycles. The minimum Gasteiger partial charge on any atom is -0.381 e. The first kappa shape index (κ1) is 22.6. The van der Waals surface area contributed by atoms with Crippen LogP contribution in [0.1, 0.15) is 23.5 Å². The SMILES string of the molecule is Cc1ncc(NC[C@@]2(c3cccc(F)c3)C[C@H]2C(=O)Nc2ccc(F)cn2)c(C(F)(F)F)n1. The smallest absolute Gasteiger partial charge is 0.381 e. The molecule has 0 spiro atoms. The van der Waals surface area contributed by atoms with Crippen LogP contribution in [0.25, 0.3) is 0 Å². The van der Waals surface area contributed by atoms with E-state index in [2.05, 4.69) is 25.6 Å². The Morgan fingerprint density at radius 2 is 1.91 bits per heavy atom. The molecule has 2 atom stereocenters. The summed E-state index contributed by atoms with van der Waals surface area (Å²) in [5, 5.41) is 5.28. The van der Waals surface area contributed by atoms with Gasteiger partial charge in [-0.05, 0) is 43.2 Å². The van der Waals surface area contributed by atoms with E-state index in [0.717, 1.165) is 18.5 Å². The van der Waals surface area contributed by atoms with Crippen LogP contribution in [-0.4, -0.2) is 27.4 Å². The molecule has 172 valence electrons. The lowest BCUT2D eigenvalue weighted by Gasteiger charge is -2.21. The number of carbonyl (C=O) groups is 1. The van der Waals surface area contributed by atoms with Crippen LogP contribution in [0.3, 0.4) is 0 Å². The monoisotopic (exact) mass is 463 g/mol. The second-order valence-electron chi connectivity index (χ2n) is 7.80. The third-order valence-electron chi connectivity index (χ3n) is 5.54. The maximum atomic E-state index is 13.9. The number of amides is 1. The predicted octanol–water partition coefficient (Wildman–Crippen LogP) is 4.49. The lowest BCUT2D eigenvalue weighted by Crippen LogP contribution is -2.28. The van der Waals surface area contributed by atoms with Gasteiger partial charge in [-0.25, -0.2) is 23.7 Å². The molecule has 0 radical (unpaired) electrons. The Kier molecular flexibility index (Phi) is 5.73. The molecule has 0 bridgehead atoms. The lowest BCUT2D eigenvalue weighted by atomic mass is 9.92. The number of nitrogens with zero attached hydrogens (tertiary/aromatic N) is 3. The van der Waals surface area contributed by atoms with Gasteiger partial charge in [-0.15, -0.1) is 0 Å². The summed E-state index contributed by atoms with van der Waals surface area (Å²) in [6.07, 6.45) is -2.48. The Hall–Kier alpha value is -3.63. The van der Waals surface area contributed by atoms with Gasteiger partial charge in [0.25, 0.3) is 0 Å². The quantitative estimate of drug-likeness (QED) is 0.527. The average molecular weight is 463 g/mol. The van der Waals surface area contributed by atoms with Gasteiger partial charge < -0.3 is 10.6 Å². The molecule has 2 aromatic heterocycles. The molecule has 2 heterocycles. The summed E-state index contributed by atoms with van der Waals surface area (Å²) in [6.45, 7) is 1.25. The normalized spacial score (nSPS) is 19.8. The molecule has 0 unspecified atom stereocenters. The molecular weight excluding hydrogens is 445 g/mol. The summed E-state index contributed by atoms with van der Waals surface area (Å²) in [6, 6.07) is 7.99. The van der Waals surface area contributed by atoms with E-state index >= 15 is 0 Å². The van der Waals surface area contributed by atoms with Crippen molar-refractivity contribution in [2.45, 2.75) is 24.9 Å². The average Bonchev–Trinajstić information content (AvgIpc) is 3.50. The van der Waals surface area contributed by atoms with E-state index in [9.17, 15) is 26.7 Å². The van der Waals surface area contributed by atoms with E-state index < -0.39 is 40.7 Å². The minimum absolute atomic E-state index is 0.0387. The molecule has 0 aliphatic heterocycles. The lowest BCUT2D eigenvalue weighted by molar-refractivity contribution is -0.140. The minimum atomic E-state index is -4.71. The Bertz CT molecular complexity index is 1180. The van der Waals surface area contributed by atoms with E-state index in [1.165, 1.54) is 31.2 Å². The van der Waals surface area contributed by atoms with Crippen molar-refractivity contribution in [2.75, 3.05) is 17.2 Å². The first-order valence-electron chi connectivity index (χ1n) is 9.92. The Morgan fingerprint density at radius 3 is 2.58 bits per heavy atom. The summed E-state index contributed by atoms with van der Waals surface area (Å²) in [4.78, 5) is 23.9. The number of hydrogen-bond donors (Lipinski definition) is 2. The largest absolute Gasteiger partial charge is 0.435 e. The third-order valence-corrected chi connectivity index (χ3v) is 5.54. The zero-order valence-electron chi connectivity index (χ0n) is 17.3. The highest BCUT2D eigenvalue weighted by Crippen LogP contribution is 2.55. The highest BCUT2D eigenvalue weighted by atomic mass is 19.4. The molecule has 3 aromatic rings. The van der Waals surface area contributed by atoms with E-state index in [4.69, 9.17) is 0 Å². The Labute approximate surface area is 185 Å². The van der Waals surface area contributed by atoms with E-state index in [0.29, 0.717) is 5.56 Å². The molecule has 1 saturated carbocycles. The number of hydrogen-bond acceptors (Lipinski definition) is 5. The fourth-order valence-corrected chi connectivity index (χ4v) is 3.80. The second kappa shape index (κ2) is 8.38. The molecular formula is C22H18F5N5O. The van der Waals surface area contributed by atoms with Crippen molar-refractivity contribution in [1.82, 2.24) is 15.0 Å². The number of halogens is 5.